The van der Waals surface area contributed by atoms with E-state index in [9.17, 15) is 4.79 Å². The van der Waals surface area contributed by atoms with Crippen LogP contribution < -0.4 is 14.8 Å². The average Bonchev–Trinajstić information content (AvgIpc) is 3.19. The van der Waals surface area contributed by atoms with Crippen LogP contribution >= 0.6 is 11.3 Å². The first-order valence-corrected chi connectivity index (χ1v) is 10.4. The molecule has 5 nitrogen and oxygen atoms in total. The van der Waals surface area contributed by atoms with Crippen LogP contribution in [0, 0.1) is 0 Å². The molecule has 2 heterocycles. The standard InChI is InChI=1S/C21H28N2O3S/c1-4-15(2)22-13-21(24)23-10-8-20-18(9-11-27-20)19(23)14-26-17-7-5-6-16(12-17)25-3/h5-7,9,11-12,15,19,22H,4,8,10,13-14H2,1-3H3. The third-order valence-corrected chi connectivity index (χ3v) is 6.07. The van der Waals surface area contributed by atoms with Gasteiger partial charge in [0.2, 0.25) is 5.91 Å². The van der Waals surface area contributed by atoms with Crippen molar-refractivity contribution in [2.24, 2.45) is 0 Å². The maximum Gasteiger partial charge on any atom is 0.237 e. The number of thiophene rings is 1. The van der Waals surface area contributed by atoms with Crippen molar-refractivity contribution in [3.63, 3.8) is 0 Å². The topological polar surface area (TPSA) is 50.8 Å². The van der Waals surface area contributed by atoms with E-state index in [-0.39, 0.29) is 11.9 Å². The molecule has 1 aromatic heterocycles. The van der Waals surface area contributed by atoms with E-state index in [4.69, 9.17) is 9.47 Å². The van der Waals surface area contributed by atoms with E-state index in [0.717, 1.165) is 30.9 Å². The van der Waals surface area contributed by atoms with Gasteiger partial charge in [-0.1, -0.05) is 13.0 Å². The van der Waals surface area contributed by atoms with Crippen LogP contribution in [0.4, 0.5) is 0 Å². The van der Waals surface area contributed by atoms with Gasteiger partial charge in [-0.3, -0.25) is 4.79 Å². The molecule has 1 N–H and O–H groups in total. The summed E-state index contributed by atoms with van der Waals surface area (Å²) in [6.07, 6.45) is 1.92. The van der Waals surface area contributed by atoms with E-state index in [1.54, 1.807) is 18.4 Å². The molecule has 0 fully saturated rings. The minimum atomic E-state index is -0.0579. The Morgan fingerprint density at radius 3 is 2.96 bits per heavy atom. The molecular formula is C21H28N2O3S. The number of hydrogen-bond acceptors (Lipinski definition) is 5. The smallest absolute Gasteiger partial charge is 0.237 e. The molecule has 6 heteroatoms. The number of hydrogen-bond donors (Lipinski definition) is 1. The molecule has 2 aromatic rings. The van der Waals surface area contributed by atoms with Gasteiger partial charge in [-0.05, 0) is 48.9 Å². The minimum absolute atomic E-state index is 0.0579. The summed E-state index contributed by atoms with van der Waals surface area (Å²) >= 11 is 1.76. The number of ether oxygens (including phenoxy) is 2. The van der Waals surface area contributed by atoms with Crippen LogP contribution in [0.3, 0.4) is 0 Å². The highest BCUT2D eigenvalue weighted by Gasteiger charge is 2.32. The van der Waals surface area contributed by atoms with Crippen LogP contribution in [-0.4, -0.2) is 43.7 Å². The number of carbonyl (C=O) groups is 1. The van der Waals surface area contributed by atoms with Gasteiger partial charge in [-0.2, -0.15) is 0 Å². The molecule has 2 unspecified atom stereocenters. The molecule has 1 aromatic carbocycles. The number of rotatable bonds is 8. The van der Waals surface area contributed by atoms with Gasteiger partial charge >= 0.3 is 0 Å². The van der Waals surface area contributed by atoms with Gasteiger partial charge in [0.25, 0.3) is 0 Å². The molecule has 3 rings (SSSR count). The normalized spacial score (nSPS) is 17.3. The number of benzene rings is 1. The molecule has 0 saturated carbocycles. The van der Waals surface area contributed by atoms with Gasteiger partial charge in [0.15, 0.2) is 0 Å². The molecule has 2 atom stereocenters. The van der Waals surface area contributed by atoms with Crippen molar-refractivity contribution >= 4 is 17.2 Å². The Balaban J connectivity index is 1.72. The summed E-state index contributed by atoms with van der Waals surface area (Å²) in [6, 6.07) is 9.98. The molecular weight excluding hydrogens is 360 g/mol. The lowest BCUT2D eigenvalue weighted by atomic mass is 10.0. The zero-order valence-corrected chi connectivity index (χ0v) is 17.1. The van der Waals surface area contributed by atoms with Gasteiger partial charge in [0.1, 0.15) is 18.1 Å². The maximum absolute atomic E-state index is 12.9. The van der Waals surface area contributed by atoms with Gasteiger partial charge in [0.05, 0.1) is 19.7 Å². The Kier molecular flexibility index (Phi) is 6.74. The van der Waals surface area contributed by atoms with Crippen LogP contribution in [0.1, 0.15) is 36.8 Å². The molecule has 1 amide bonds. The average molecular weight is 389 g/mol. The fraction of sp³-hybridized carbons (Fsp3) is 0.476. The van der Waals surface area contributed by atoms with Crippen molar-refractivity contribution in [2.75, 3.05) is 26.8 Å². The van der Waals surface area contributed by atoms with Crippen LogP contribution in [0.25, 0.3) is 0 Å². The summed E-state index contributed by atoms with van der Waals surface area (Å²) in [4.78, 5) is 16.2. The predicted molar refractivity (Wildman–Crippen MR) is 109 cm³/mol. The molecule has 1 aliphatic heterocycles. The summed E-state index contributed by atoms with van der Waals surface area (Å²) < 4.78 is 11.3. The molecule has 27 heavy (non-hydrogen) atoms. The zero-order valence-electron chi connectivity index (χ0n) is 16.2. The van der Waals surface area contributed by atoms with Crippen molar-refractivity contribution in [3.8, 4) is 11.5 Å². The Morgan fingerprint density at radius 2 is 2.19 bits per heavy atom. The lowest BCUT2D eigenvalue weighted by molar-refractivity contribution is -0.134. The highest BCUT2D eigenvalue weighted by Crippen LogP contribution is 2.34. The fourth-order valence-corrected chi connectivity index (χ4v) is 4.18. The van der Waals surface area contributed by atoms with Gasteiger partial charge in [0, 0.05) is 23.5 Å². The van der Waals surface area contributed by atoms with Gasteiger partial charge in [-0.25, -0.2) is 0 Å². The van der Waals surface area contributed by atoms with E-state index in [1.165, 1.54) is 10.4 Å². The van der Waals surface area contributed by atoms with Crippen molar-refractivity contribution in [3.05, 3.63) is 46.2 Å². The number of carbonyl (C=O) groups excluding carboxylic acids is 1. The molecule has 0 spiro atoms. The second kappa shape index (κ2) is 9.24. The molecule has 146 valence electrons. The Labute approximate surface area is 165 Å². The van der Waals surface area contributed by atoms with E-state index in [0.29, 0.717) is 19.2 Å². The van der Waals surface area contributed by atoms with Crippen molar-refractivity contribution in [2.45, 2.75) is 38.8 Å². The number of methoxy groups -OCH3 is 1. The first-order chi connectivity index (χ1) is 13.1. The minimum Gasteiger partial charge on any atom is -0.497 e. The zero-order chi connectivity index (χ0) is 19.2. The van der Waals surface area contributed by atoms with Gasteiger partial charge < -0.3 is 19.7 Å². The highest BCUT2D eigenvalue weighted by atomic mass is 32.1. The van der Waals surface area contributed by atoms with E-state index in [1.807, 2.05) is 29.2 Å². The lowest BCUT2D eigenvalue weighted by Crippen LogP contribution is -2.46. The van der Waals surface area contributed by atoms with Crippen LogP contribution in [0.2, 0.25) is 0 Å². The van der Waals surface area contributed by atoms with E-state index < -0.39 is 0 Å². The Hall–Kier alpha value is -2.05. The van der Waals surface area contributed by atoms with Crippen LogP contribution in [-0.2, 0) is 11.2 Å². The number of nitrogens with one attached hydrogen (secondary N) is 1. The molecule has 0 saturated heterocycles. The largest absolute Gasteiger partial charge is 0.497 e. The predicted octanol–water partition coefficient (Wildman–Crippen LogP) is 3.65. The number of nitrogens with zero attached hydrogens (tertiary/aromatic N) is 1. The Bertz CT molecular complexity index is 761. The first-order valence-electron chi connectivity index (χ1n) is 9.48. The number of fused-ring (bicyclic) bond motifs is 1. The second-order valence-electron chi connectivity index (χ2n) is 6.83. The second-order valence-corrected chi connectivity index (χ2v) is 7.83. The molecule has 0 aliphatic carbocycles. The van der Waals surface area contributed by atoms with E-state index >= 15 is 0 Å². The number of amides is 1. The van der Waals surface area contributed by atoms with E-state index in [2.05, 4.69) is 30.6 Å². The summed E-state index contributed by atoms with van der Waals surface area (Å²) in [6.45, 7) is 5.76. The molecule has 0 bridgehead atoms. The van der Waals surface area contributed by atoms with Crippen molar-refractivity contribution in [1.82, 2.24) is 10.2 Å². The lowest BCUT2D eigenvalue weighted by Gasteiger charge is -2.36. The quantitative estimate of drug-likeness (QED) is 0.750. The highest BCUT2D eigenvalue weighted by molar-refractivity contribution is 7.10. The Morgan fingerprint density at radius 1 is 1.37 bits per heavy atom. The monoisotopic (exact) mass is 388 g/mol. The maximum atomic E-state index is 12.9. The first kappa shape index (κ1) is 19.7. The SMILES string of the molecule is CCC(C)NCC(=O)N1CCc2sccc2C1COc1cccc(OC)c1. The molecule has 1 aliphatic rings. The third-order valence-electron chi connectivity index (χ3n) is 5.08. The van der Waals surface area contributed by atoms with Crippen LogP contribution in [0.15, 0.2) is 35.7 Å². The molecule has 0 radical (unpaired) electrons. The van der Waals surface area contributed by atoms with Crippen molar-refractivity contribution < 1.29 is 14.3 Å². The summed E-state index contributed by atoms with van der Waals surface area (Å²) in [5.41, 5.74) is 1.21. The summed E-state index contributed by atoms with van der Waals surface area (Å²) in [5, 5.41) is 5.42. The summed E-state index contributed by atoms with van der Waals surface area (Å²) in [7, 11) is 1.64. The third kappa shape index (κ3) is 4.82. The van der Waals surface area contributed by atoms with Gasteiger partial charge in [-0.15, -0.1) is 11.3 Å². The fourth-order valence-electron chi connectivity index (χ4n) is 3.25. The van der Waals surface area contributed by atoms with Crippen molar-refractivity contribution in [1.29, 1.82) is 0 Å². The summed E-state index contributed by atoms with van der Waals surface area (Å²) in [5.74, 6) is 1.64. The van der Waals surface area contributed by atoms with Crippen LogP contribution in [0.5, 0.6) is 11.5 Å².